The summed E-state index contributed by atoms with van der Waals surface area (Å²) in [7, 11) is 0. The minimum Gasteiger partial charge on any atom is -0.356 e. The molecule has 0 aromatic heterocycles. The summed E-state index contributed by atoms with van der Waals surface area (Å²) in [5.74, 6) is 0. The van der Waals surface area contributed by atoms with Crippen molar-refractivity contribution in [3.63, 3.8) is 0 Å². The molecule has 0 atom stereocenters. The van der Waals surface area contributed by atoms with Gasteiger partial charge in [-0.3, -0.25) is 0 Å². The van der Waals surface area contributed by atoms with Gasteiger partial charge in [0.05, 0.1) is 11.4 Å². The van der Waals surface area contributed by atoms with E-state index >= 15 is 0 Å². The third kappa shape index (κ3) is 6.49. The third-order valence-electron chi connectivity index (χ3n) is 11.0. The van der Waals surface area contributed by atoms with Gasteiger partial charge in [0.25, 0.3) is 0 Å². The van der Waals surface area contributed by atoms with E-state index in [1.165, 1.54) is 38.2 Å². The van der Waals surface area contributed by atoms with E-state index in [1.54, 1.807) is 0 Å². The van der Waals surface area contributed by atoms with E-state index in [4.69, 9.17) is 0 Å². The van der Waals surface area contributed by atoms with Crippen LogP contribution in [0.3, 0.4) is 0 Å². The number of anilines is 8. The highest BCUT2D eigenvalue weighted by molar-refractivity contribution is 6.23. The first-order valence-electron chi connectivity index (χ1n) is 19.9. The summed E-state index contributed by atoms with van der Waals surface area (Å²) in [5.41, 5.74) is 12.3. The minimum absolute atomic E-state index is 1.03. The van der Waals surface area contributed by atoms with Crippen molar-refractivity contribution < 1.29 is 0 Å². The molecule has 10 aromatic rings. The largest absolute Gasteiger partial charge is 0.356 e. The van der Waals surface area contributed by atoms with Crippen molar-refractivity contribution >= 4 is 77.8 Å². The van der Waals surface area contributed by atoms with Crippen LogP contribution in [-0.4, -0.2) is 0 Å². The lowest BCUT2D eigenvalue weighted by Crippen LogP contribution is -2.12. The van der Waals surface area contributed by atoms with Crippen molar-refractivity contribution in [3.8, 4) is 11.1 Å². The molecule has 0 saturated carbocycles. The number of nitrogens with one attached hydrogen (secondary N) is 1. The molecule has 3 nitrogen and oxygen atoms in total. The first kappa shape index (κ1) is 34.8. The van der Waals surface area contributed by atoms with E-state index in [2.05, 4.69) is 246 Å². The second kappa shape index (κ2) is 15.1. The highest BCUT2D eigenvalue weighted by Gasteiger charge is 2.24. The number of nitrogens with zero attached hydrogens (tertiary/aromatic N) is 2. The minimum atomic E-state index is 1.03. The van der Waals surface area contributed by atoms with E-state index in [0.29, 0.717) is 0 Å². The Morgan fingerprint density at radius 1 is 0.345 bits per heavy atom. The normalized spacial score (nSPS) is 11.2. The molecule has 0 aliphatic rings. The average Bonchev–Trinajstić information content (AvgIpc) is 3.28. The molecule has 58 heavy (non-hydrogen) atoms. The molecule has 0 spiro atoms. The second-order valence-corrected chi connectivity index (χ2v) is 14.7. The zero-order valence-electron chi connectivity index (χ0n) is 32.3. The molecule has 0 bridgehead atoms. The number of para-hydroxylation sites is 4. The maximum Gasteiger partial charge on any atom is 0.0619 e. The molecular weight excluding hydrogens is 703 g/mol. The first-order chi connectivity index (χ1) is 28.7. The van der Waals surface area contributed by atoms with Crippen LogP contribution in [0, 0.1) is 6.92 Å². The molecule has 10 aromatic carbocycles. The molecule has 0 aliphatic heterocycles. The van der Waals surface area contributed by atoms with Crippen LogP contribution in [0.5, 0.6) is 0 Å². The summed E-state index contributed by atoms with van der Waals surface area (Å²) >= 11 is 0. The van der Waals surface area contributed by atoms with E-state index in [1.807, 2.05) is 0 Å². The summed E-state index contributed by atoms with van der Waals surface area (Å²) in [6.45, 7) is 2.16. The van der Waals surface area contributed by atoms with Crippen LogP contribution < -0.4 is 15.1 Å². The van der Waals surface area contributed by atoms with Gasteiger partial charge in [-0.05, 0) is 113 Å². The summed E-state index contributed by atoms with van der Waals surface area (Å²) in [5, 5.41) is 10.8. The molecule has 0 saturated heterocycles. The van der Waals surface area contributed by atoms with Gasteiger partial charge in [0.1, 0.15) is 0 Å². The topological polar surface area (TPSA) is 18.5 Å². The average molecular weight is 744 g/mol. The molecule has 0 fully saturated rings. The molecule has 0 radical (unpaired) electrons. The molecule has 10 rings (SSSR count). The summed E-state index contributed by atoms with van der Waals surface area (Å²) in [6.07, 6.45) is 0. The first-order valence-corrected chi connectivity index (χ1v) is 19.9. The summed E-state index contributed by atoms with van der Waals surface area (Å²) in [6, 6.07) is 80.8. The lowest BCUT2D eigenvalue weighted by atomic mass is 9.88. The molecule has 276 valence electrons. The summed E-state index contributed by atoms with van der Waals surface area (Å²) in [4.78, 5) is 4.83. The number of hydrogen-bond acceptors (Lipinski definition) is 3. The van der Waals surface area contributed by atoms with Gasteiger partial charge in [-0.15, -0.1) is 0 Å². The van der Waals surface area contributed by atoms with Gasteiger partial charge in [0, 0.05) is 50.3 Å². The highest BCUT2D eigenvalue weighted by atomic mass is 15.2. The quantitative estimate of drug-likeness (QED) is 0.149. The standard InChI is InChI=1S/C55H41N3/c1-39-29-31-41(32-30-39)54-49-35-33-43(56-42-19-6-2-7-20-42)37-52(49)55(58(45-23-10-4-11-24-45)46-25-12-5-13-26-46)50-36-34-47(38-51(50)54)57(44-21-8-3-9-22-44)53-28-16-18-40-17-14-15-27-48(40)53/h2-38,56H,1H3. The van der Waals surface area contributed by atoms with Crippen molar-refractivity contribution in [1.82, 2.24) is 0 Å². The molecule has 0 unspecified atom stereocenters. The van der Waals surface area contributed by atoms with Crippen molar-refractivity contribution in [1.29, 1.82) is 0 Å². The van der Waals surface area contributed by atoms with Crippen molar-refractivity contribution in [2.45, 2.75) is 6.92 Å². The fourth-order valence-electron chi connectivity index (χ4n) is 8.34. The second-order valence-electron chi connectivity index (χ2n) is 14.7. The Labute approximate surface area is 339 Å². The zero-order chi connectivity index (χ0) is 38.8. The van der Waals surface area contributed by atoms with Gasteiger partial charge in [-0.1, -0.05) is 151 Å². The predicted molar refractivity (Wildman–Crippen MR) is 248 cm³/mol. The van der Waals surface area contributed by atoms with Crippen LogP contribution in [-0.2, 0) is 0 Å². The molecular formula is C55H41N3. The van der Waals surface area contributed by atoms with Crippen LogP contribution in [0.25, 0.3) is 43.4 Å². The Balaban J connectivity index is 1.33. The lowest BCUT2D eigenvalue weighted by Gasteiger charge is -2.31. The SMILES string of the molecule is Cc1ccc(-c2c3cc(N(c4ccccc4)c4cccc5ccccc45)ccc3c(N(c3ccccc3)c3ccccc3)c3cc(Nc4ccccc4)ccc23)cc1. The molecule has 0 amide bonds. The van der Waals surface area contributed by atoms with Crippen LogP contribution in [0.2, 0.25) is 0 Å². The Bertz CT molecular complexity index is 2970. The summed E-state index contributed by atoms with van der Waals surface area (Å²) < 4.78 is 0. The van der Waals surface area contributed by atoms with Gasteiger partial charge in [-0.2, -0.15) is 0 Å². The number of rotatable bonds is 9. The van der Waals surface area contributed by atoms with Gasteiger partial charge in [0.15, 0.2) is 0 Å². The van der Waals surface area contributed by atoms with Crippen LogP contribution in [0.1, 0.15) is 5.56 Å². The van der Waals surface area contributed by atoms with Crippen molar-refractivity contribution in [2.24, 2.45) is 0 Å². The Kier molecular flexibility index (Phi) is 9.09. The molecule has 1 N–H and O–H groups in total. The van der Waals surface area contributed by atoms with Gasteiger partial charge < -0.3 is 15.1 Å². The fourth-order valence-corrected chi connectivity index (χ4v) is 8.34. The van der Waals surface area contributed by atoms with E-state index in [0.717, 1.165) is 56.3 Å². The van der Waals surface area contributed by atoms with E-state index in [9.17, 15) is 0 Å². The van der Waals surface area contributed by atoms with Crippen LogP contribution in [0.15, 0.2) is 224 Å². The monoisotopic (exact) mass is 743 g/mol. The Morgan fingerprint density at radius 3 is 1.59 bits per heavy atom. The Morgan fingerprint density at radius 2 is 0.914 bits per heavy atom. The van der Waals surface area contributed by atoms with Gasteiger partial charge in [-0.25, -0.2) is 0 Å². The van der Waals surface area contributed by atoms with Crippen molar-refractivity contribution in [2.75, 3.05) is 15.1 Å². The number of hydrogen-bond donors (Lipinski definition) is 1. The predicted octanol–water partition coefficient (Wildman–Crippen LogP) is 15.8. The van der Waals surface area contributed by atoms with Crippen LogP contribution >= 0.6 is 0 Å². The maximum atomic E-state index is 3.71. The fraction of sp³-hybridized carbons (Fsp3) is 0.0182. The maximum absolute atomic E-state index is 3.71. The van der Waals surface area contributed by atoms with E-state index in [-0.39, 0.29) is 0 Å². The van der Waals surface area contributed by atoms with Gasteiger partial charge >= 0.3 is 0 Å². The number of fused-ring (bicyclic) bond motifs is 3. The third-order valence-corrected chi connectivity index (χ3v) is 11.0. The highest BCUT2D eigenvalue weighted by Crippen LogP contribution is 2.50. The smallest absolute Gasteiger partial charge is 0.0619 e. The van der Waals surface area contributed by atoms with Gasteiger partial charge in [0.2, 0.25) is 0 Å². The number of benzene rings is 10. The molecule has 0 heterocycles. The van der Waals surface area contributed by atoms with Crippen molar-refractivity contribution in [3.05, 3.63) is 230 Å². The Hall–Kier alpha value is -7.62. The van der Waals surface area contributed by atoms with Crippen LogP contribution in [0.4, 0.5) is 45.5 Å². The zero-order valence-corrected chi connectivity index (χ0v) is 32.3. The number of aryl methyl sites for hydroxylation is 1. The lowest BCUT2D eigenvalue weighted by molar-refractivity contribution is 1.30. The molecule has 0 aliphatic carbocycles. The van der Waals surface area contributed by atoms with E-state index < -0.39 is 0 Å². The molecule has 3 heteroatoms.